The van der Waals surface area contributed by atoms with E-state index < -0.39 is 29.6 Å². The number of furan rings is 1. The minimum Gasteiger partial charge on any atom is -0.478 e. The molecule has 0 bridgehead atoms. The Morgan fingerprint density at radius 3 is 2.52 bits per heavy atom. The van der Waals surface area contributed by atoms with E-state index in [1.807, 2.05) is 0 Å². The maximum Gasteiger partial charge on any atom is 0.336 e. The topological polar surface area (TPSA) is 117 Å². The van der Waals surface area contributed by atoms with Gasteiger partial charge in [0.05, 0.1) is 10.5 Å². The van der Waals surface area contributed by atoms with Crippen molar-refractivity contribution in [2.75, 3.05) is 11.9 Å². The summed E-state index contributed by atoms with van der Waals surface area (Å²) in [7, 11) is 0. The van der Waals surface area contributed by atoms with Gasteiger partial charge in [0, 0.05) is 22.3 Å². The van der Waals surface area contributed by atoms with Crippen LogP contribution < -0.4 is 5.32 Å². The largest absolute Gasteiger partial charge is 0.478 e. The van der Waals surface area contributed by atoms with Crippen LogP contribution in [0.5, 0.6) is 0 Å². The number of carboxylic acids is 1. The minimum absolute atomic E-state index is 0.0745. The summed E-state index contributed by atoms with van der Waals surface area (Å²) in [5.41, 5.74) is 0.943. The Hall–Kier alpha value is -3.82. The molecule has 1 fully saturated rings. The van der Waals surface area contributed by atoms with E-state index >= 15 is 0 Å². The van der Waals surface area contributed by atoms with Crippen molar-refractivity contribution in [2.24, 2.45) is 0 Å². The van der Waals surface area contributed by atoms with Crippen molar-refractivity contribution in [3.05, 3.63) is 81.9 Å². The third-order valence-corrected chi connectivity index (χ3v) is 5.79. The number of benzene rings is 2. The summed E-state index contributed by atoms with van der Waals surface area (Å²) in [6.45, 7) is -0.444. The zero-order chi connectivity index (χ0) is 23.5. The zero-order valence-electron chi connectivity index (χ0n) is 16.8. The number of hydrogen-bond acceptors (Lipinski definition) is 6. The molecule has 4 rings (SSSR count). The Morgan fingerprint density at radius 2 is 1.79 bits per heavy atom. The van der Waals surface area contributed by atoms with Gasteiger partial charge in [-0.2, -0.15) is 0 Å². The van der Waals surface area contributed by atoms with Crippen LogP contribution in [0.2, 0.25) is 5.02 Å². The molecule has 1 aliphatic rings. The number of carbonyl (C=O) groups excluding carboxylic acids is 3. The summed E-state index contributed by atoms with van der Waals surface area (Å²) < 4.78 is 5.69. The van der Waals surface area contributed by atoms with Crippen LogP contribution in [-0.4, -0.2) is 39.6 Å². The van der Waals surface area contributed by atoms with Gasteiger partial charge in [-0.25, -0.2) is 4.79 Å². The third-order valence-electron chi connectivity index (χ3n) is 4.63. The maximum absolute atomic E-state index is 12.7. The molecule has 1 aliphatic heterocycles. The second-order valence-corrected chi connectivity index (χ2v) is 8.31. The number of nitrogens with zero attached hydrogens (tertiary/aromatic N) is 1. The molecule has 33 heavy (non-hydrogen) atoms. The molecule has 0 aliphatic carbocycles. The van der Waals surface area contributed by atoms with Crippen LogP contribution in [0.1, 0.15) is 16.1 Å². The van der Waals surface area contributed by atoms with E-state index in [9.17, 15) is 24.3 Å². The molecule has 3 aromatic rings. The van der Waals surface area contributed by atoms with Crippen molar-refractivity contribution in [1.29, 1.82) is 0 Å². The standard InChI is InChI=1S/C23H15ClN2O6S/c24-13-5-7-14(8-6-13)25-20(27)12-26-21(28)19(33-23(26)31)11-15-9-10-18(32-15)16-3-1-2-4-17(16)22(29)30/h1-11H,12H2,(H,25,27)(H,29,30)/b19-11-. The molecule has 3 amide bonds. The van der Waals surface area contributed by atoms with Crippen LogP contribution >= 0.6 is 23.4 Å². The zero-order valence-corrected chi connectivity index (χ0v) is 18.4. The molecular formula is C23H15ClN2O6S. The lowest BCUT2D eigenvalue weighted by Gasteiger charge is -2.12. The summed E-state index contributed by atoms with van der Waals surface area (Å²) in [5, 5.41) is 11.9. The van der Waals surface area contributed by atoms with Gasteiger partial charge in [-0.05, 0) is 54.2 Å². The first kappa shape index (κ1) is 22.4. The van der Waals surface area contributed by atoms with Gasteiger partial charge >= 0.3 is 5.97 Å². The molecule has 166 valence electrons. The van der Waals surface area contributed by atoms with Gasteiger partial charge in [-0.15, -0.1) is 0 Å². The molecule has 0 spiro atoms. The highest BCUT2D eigenvalue weighted by Crippen LogP contribution is 2.33. The summed E-state index contributed by atoms with van der Waals surface area (Å²) in [4.78, 5) is 49.6. The predicted octanol–water partition coefficient (Wildman–Crippen LogP) is 4.97. The number of nitrogens with one attached hydrogen (secondary N) is 1. The van der Waals surface area contributed by atoms with Crippen molar-refractivity contribution in [2.45, 2.75) is 0 Å². The first-order valence-electron chi connectivity index (χ1n) is 9.55. The lowest BCUT2D eigenvalue weighted by molar-refractivity contribution is -0.127. The first-order chi connectivity index (χ1) is 15.8. The monoisotopic (exact) mass is 482 g/mol. The van der Waals surface area contributed by atoms with Gasteiger partial charge in [0.15, 0.2) is 0 Å². The van der Waals surface area contributed by atoms with E-state index in [0.717, 1.165) is 4.90 Å². The maximum atomic E-state index is 12.7. The second-order valence-electron chi connectivity index (χ2n) is 6.88. The average molecular weight is 483 g/mol. The van der Waals surface area contributed by atoms with Gasteiger partial charge in [-0.3, -0.25) is 19.3 Å². The van der Waals surface area contributed by atoms with Crippen LogP contribution in [0.25, 0.3) is 17.4 Å². The number of rotatable bonds is 6. The van der Waals surface area contributed by atoms with E-state index in [0.29, 0.717) is 33.8 Å². The molecule has 0 atom stereocenters. The molecule has 8 nitrogen and oxygen atoms in total. The second kappa shape index (κ2) is 9.35. The highest BCUT2D eigenvalue weighted by Gasteiger charge is 2.36. The van der Waals surface area contributed by atoms with Crippen LogP contribution in [0.4, 0.5) is 10.5 Å². The molecule has 2 aromatic carbocycles. The number of amides is 3. The van der Waals surface area contributed by atoms with Gasteiger partial charge in [0.1, 0.15) is 18.1 Å². The smallest absolute Gasteiger partial charge is 0.336 e. The van der Waals surface area contributed by atoms with Crippen molar-refractivity contribution in [3.63, 3.8) is 0 Å². The van der Waals surface area contributed by atoms with Gasteiger partial charge < -0.3 is 14.8 Å². The van der Waals surface area contributed by atoms with E-state index in [2.05, 4.69) is 5.32 Å². The fourth-order valence-electron chi connectivity index (χ4n) is 3.10. The number of hydrogen-bond donors (Lipinski definition) is 2. The van der Waals surface area contributed by atoms with Crippen molar-refractivity contribution < 1.29 is 28.7 Å². The summed E-state index contributed by atoms with van der Waals surface area (Å²) >= 11 is 6.50. The lowest BCUT2D eigenvalue weighted by atomic mass is 10.1. The molecule has 1 saturated heterocycles. The Balaban J connectivity index is 1.48. The van der Waals surface area contributed by atoms with Crippen LogP contribution in [0.15, 0.2) is 70.0 Å². The molecule has 0 radical (unpaired) electrons. The SMILES string of the molecule is O=C(CN1C(=O)S/C(=C\c2ccc(-c3ccccc3C(=O)O)o2)C1=O)Nc1ccc(Cl)cc1. The van der Waals surface area contributed by atoms with Crippen LogP contribution in [0, 0.1) is 0 Å². The number of carboxylic acid groups (broad SMARTS) is 1. The fraction of sp³-hybridized carbons (Fsp3) is 0.0435. The molecular weight excluding hydrogens is 468 g/mol. The number of anilines is 1. The van der Waals surface area contributed by atoms with E-state index in [4.69, 9.17) is 16.0 Å². The van der Waals surface area contributed by atoms with E-state index in [1.165, 1.54) is 12.1 Å². The number of halogens is 1. The lowest BCUT2D eigenvalue weighted by Crippen LogP contribution is -2.36. The molecule has 2 heterocycles. The molecule has 1 aromatic heterocycles. The summed E-state index contributed by atoms with van der Waals surface area (Å²) in [6, 6.07) is 15.9. The Labute approximate surface area is 196 Å². The van der Waals surface area contributed by atoms with Crippen molar-refractivity contribution in [3.8, 4) is 11.3 Å². The van der Waals surface area contributed by atoms with Gasteiger partial charge in [0.2, 0.25) is 5.91 Å². The molecule has 0 saturated carbocycles. The molecule has 0 unspecified atom stereocenters. The van der Waals surface area contributed by atoms with Crippen LogP contribution in [-0.2, 0) is 9.59 Å². The number of aromatic carboxylic acids is 1. The Kier molecular flexibility index (Phi) is 6.34. The summed E-state index contributed by atoms with van der Waals surface area (Å²) in [5.74, 6) is -1.68. The fourth-order valence-corrected chi connectivity index (χ4v) is 4.05. The quantitative estimate of drug-likeness (QED) is 0.476. The van der Waals surface area contributed by atoms with Gasteiger partial charge in [-0.1, -0.05) is 29.8 Å². The van der Waals surface area contributed by atoms with Crippen LogP contribution in [0.3, 0.4) is 0 Å². The minimum atomic E-state index is -1.10. The first-order valence-corrected chi connectivity index (χ1v) is 10.7. The predicted molar refractivity (Wildman–Crippen MR) is 124 cm³/mol. The van der Waals surface area contributed by atoms with Crippen molar-refractivity contribution in [1.82, 2.24) is 4.90 Å². The third kappa shape index (κ3) is 5.00. The Bertz CT molecular complexity index is 1300. The normalized spacial score (nSPS) is 14.7. The number of carbonyl (C=O) groups is 4. The molecule has 2 N–H and O–H groups in total. The molecule has 10 heteroatoms. The average Bonchev–Trinajstić information content (AvgIpc) is 3.35. The van der Waals surface area contributed by atoms with Crippen molar-refractivity contribution >= 4 is 58.1 Å². The van der Waals surface area contributed by atoms with E-state index in [-0.39, 0.29) is 16.2 Å². The van der Waals surface area contributed by atoms with Gasteiger partial charge in [0.25, 0.3) is 11.1 Å². The number of thioether (sulfide) groups is 1. The Morgan fingerprint density at radius 1 is 1.06 bits per heavy atom. The highest BCUT2D eigenvalue weighted by molar-refractivity contribution is 8.18. The van der Waals surface area contributed by atoms with E-state index in [1.54, 1.807) is 54.6 Å². The number of imide groups is 1. The highest BCUT2D eigenvalue weighted by atomic mass is 35.5. The summed E-state index contributed by atoms with van der Waals surface area (Å²) in [6.07, 6.45) is 1.38.